The molecule has 2 amide bonds. The van der Waals surface area contributed by atoms with Crippen molar-refractivity contribution < 1.29 is 18.7 Å². The number of ether oxygens (including phenoxy) is 1. The number of cyclic esters (lactones) is 1. The number of nitrogens with one attached hydrogen (secondary N) is 2. The van der Waals surface area contributed by atoms with Crippen LogP contribution in [0.4, 0.5) is 20.6 Å². The number of hydrogen-bond acceptors (Lipinski definition) is 6. The van der Waals surface area contributed by atoms with Crippen LogP contribution in [0.25, 0.3) is 0 Å². The number of anilines is 2. The van der Waals surface area contributed by atoms with E-state index in [9.17, 15) is 14.0 Å². The summed E-state index contributed by atoms with van der Waals surface area (Å²) in [5.41, 5.74) is 0.974. The van der Waals surface area contributed by atoms with Gasteiger partial charge >= 0.3 is 6.09 Å². The van der Waals surface area contributed by atoms with Crippen LogP contribution >= 0.6 is 12.2 Å². The molecule has 0 radical (unpaired) electrons. The smallest absolute Gasteiger partial charge is 0.414 e. The molecule has 1 unspecified atom stereocenters. The van der Waals surface area contributed by atoms with Crippen LogP contribution in [0, 0.1) is 5.82 Å². The van der Waals surface area contributed by atoms with Crippen molar-refractivity contribution >= 4 is 40.6 Å². The van der Waals surface area contributed by atoms with E-state index in [4.69, 9.17) is 17.0 Å². The van der Waals surface area contributed by atoms with Crippen LogP contribution < -0.4 is 20.4 Å². The molecule has 2 N–H and O–H groups in total. The average Bonchev–Trinajstić information content (AvgIpc) is 3.18. The Morgan fingerprint density at radius 1 is 1.28 bits per heavy atom. The molecule has 0 aliphatic carbocycles. The van der Waals surface area contributed by atoms with Gasteiger partial charge in [-0.2, -0.15) is 0 Å². The quantitative estimate of drug-likeness (QED) is 0.646. The zero-order valence-electron chi connectivity index (χ0n) is 18.3. The molecule has 0 spiro atoms. The summed E-state index contributed by atoms with van der Waals surface area (Å²) in [5.74, 6) is -0.559. The lowest BCUT2D eigenvalue weighted by atomic mass is 10.0. The van der Waals surface area contributed by atoms with Gasteiger partial charge in [-0.3, -0.25) is 9.69 Å². The van der Waals surface area contributed by atoms with Crippen LogP contribution in [-0.4, -0.2) is 79.8 Å². The van der Waals surface area contributed by atoms with E-state index < -0.39 is 12.2 Å². The van der Waals surface area contributed by atoms with Crippen LogP contribution in [0.5, 0.6) is 0 Å². The number of rotatable bonds is 5. The highest BCUT2D eigenvalue weighted by Gasteiger charge is 2.33. The van der Waals surface area contributed by atoms with E-state index in [1.165, 1.54) is 30.7 Å². The summed E-state index contributed by atoms with van der Waals surface area (Å²) < 4.78 is 20.3. The Balaban J connectivity index is 1.34. The first-order valence-electron chi connectivity index (χ1n) is 11.2. The molecule has 1 aromatic carbocycles. The SMILES string of the molecule is CC(=O)NC[C@H]1CN(c2ccc(N3CCN(C(=S)C4CCCCN4)CC3)c(F)c2)C(=O)O1. The summed E-state index contributed by atoms with van der Waals surface area (Å²) >= 11 is 5.71. The predicted octanol–water partition coefficient (Wildman–Crippen LogP) is 1.88. The standard InChI is InChI=1S/C22H30FN5O3S/c1-15(29)25-13-17-14-28(22(30)31-17)16-5-6-20(18(23)12-16)26-8-10-27(11-9-26)21(32)19-4-2-3-7-24-19/h5-6,12,17,19,24H,2-4,7-11,13-14H2,1H3,(H,25,29)/t17-,19?/m0/s1. The second-order valence-electron chi connectivity index (χ2n) is 8.50. The normalized spacial score (nSPS) is 23.8. The lowest BCUT2D eigenvalue weighted by Gasteiger charge is -2.40. The fraction of sp³-hybridized carbons (Fsp3) is 0.591. The van der Waals surface area contributed by atoms with Crippen LogP contribution in [0.1, 0.15) is 26.2 Å². The molecule has 0 aromatic heterocycles. The molecule has 174 valence electrons. The Labute approximate surface area is 193 Å². The highest BCUT2D eigenvalue weighted by atomic mass is 32.1. The van der Waals surface area contributed by atoms with Gasteiger partial charge in [-0.05, 0) is 37.6 Å². The van der Waals surface area contributed by atoms with Crippen molar-refractivity contribution in [1.82, 2.24) is 15.5 Å². The highest BCUT2D eigenvalue weighted by molar-refractivity contribution is 7.80. The molecule has 3 heterocycles. The number of benzene rings is 1. The maximum atomic E-state index is 15.0. The summed E-state index contributed by atoms with van der Waals surface area (Å²) in [5, 5.41) is 6.14. The summed E-state index contributed by atoms with van der Waals surface area (Å²) in [6.07, 6.45) is 2.50. The first-order valence-corrected chi connectivity index (χ1v) is 11.6. The van der Waals surface area contributed by atoms with Crippen LogP contribution in [0.15, 0.2) is 18.2 Å². The van der Waals surface area contributed by atoms with Crippen molar-refractivity contribution in [2.45, 2.75) is 38.3 Å². The maximum Gasteiger partial charge on any atom is 0.414 e. The van der Waals surface area contributed by atoms with Crippen molar-refractivity contribution in [3.63, 3.8) is 0 Å². The Bertz CT molecular complexity index is 871. The minimum Gasteiger partial charge on any atom is -0.442 e. The van der Waals surface area contributed by atoms with Gasteiger partial charge < -0.3 is 25.2 Å². The fourth-order valence-corrected chi connectivity index (χ4v) is 4.85. The number of piperidine rings is 1. The van der Waals surface area contributed by atoms with Gasteiger partial charge in [-0.15, -0.1) is 0 Å². The molecule has 2 atom stereocenters. The zero-order valence-corrected chi connectivity index (χ0v) is 19.1. The Morgan fingerprint density at radius 2 is 2.06 bits per heavy atom. The molecule has 0 bridgehead atoms. The van der Waals surface area contributed by atoms with Gasteiger partial charge in [0.25, 0.3) is 0 Å². The third-order valence-electron chi connectivity index (χ3n) is 6.24. The number of carbonyl (C=O) groups is 2. The molecular formula is C22H30FN5O3S. The molecule has 10 heteroatoms. The Hall–Kier alpha value is -2.46. The predicted molar refractivity (Wildman–Crippen MR) is 125 cm³/mol. The molecule has 32 heavy (non-hydrogen) atoms. The second kappa shape index (κ2) is 9.99. The summed E-state index contributed by atoms with van der Waals surface area (Å²) in [6.45, 7) is 5.83. The number of carbonyl (C=O) groups excluding carboxylic acids is 2. The third kappa shape index (κ3) is 5.12. The minimum atomic E-state index is -0.536. The van der Waals surface area contributed by atoms with Crippen molar-refractivity contribution in [1.29, 1.82) is 0 Å². The largest absolute Gasteiger partial charge is 0.442 e. The lowest BCUT2D eigenvalue weighted by molar-refractivity contribution is -0.119. The highest BCUT2D eigenvalue weighted by Crippen LogP contribution is 2.28. The summed E-state index contributed by atoms with van der Waals surface area (Å²) in [7, 11) is 0. The molecule has 3 aliphatic rings. The van der Waals surface area contributed by atoms with Crippen molar-refractivity contribution in [2.75, 3.05) is 55.6 Å². The number of thiocarbonyl (C=S) groups is 1. The van der Waals surface area contributed by atoms with E-state index in [0.29, 0.717) is 24.5 Å². The van der Waals surface area contributed by atoms with Gasteiger partial charge in [0.2, 0.25) is 5.91 Å². The third-order valence-corrected chi connectivity index (χ3v) is 6.78. The van der Waals surface area contributed by atoms with E-state index >= 15 is 0 Å². The van der Waals surface area contributed by atoms with Gasteiger partial charge in [0.15, 0.2) is 0 Å². The van der Waals surface area contributed by atoms with Crippen molar-refractivity contribution in [3.8, 4) is 0 Å². The lowest BCUT2D eigenvalue weighted by Crippen LogP contribution is -2.54. The summed E-state index contributed by atoms with van der Waals surface area (Å²) in [4.78, 5) is 29.9. The van der Waals surface area contributed by atoms with Gasteiger partial charge in [-0.25, -0.2) is 9.18 Å². The van der Waals surface area contributed by atoms with Crippen molar-refractivity contribution in [2.24, 2.45) is 0 Å². The minimum absolute atomic E-state index is 0.189. The van der Waals surface area contributed by atoms with Gasteiger partial charge in [-0.1, -0.05) is 18.6 Å². The maximum absolute atomic E-state index is 15.0. The first-order chi connectivity index (χ1) is 15.4. The van der Waals surface area contributed by atoms with E-state index in [2.05, 4.69) is 15.5 Å². The molecule has 1 aromatic rings. The molecular weight excluding hydrogens is 433 g/mol. The van der Waals surface area contributed by atoms with Gasteiger partial charge in [0.05, 0.1) is 35.5 Å². The average molecular weight is 464 g/mol. The van der Waals surface area contributed by atoms with Crippen LogP contribution in [0.3, 0.4) is 0 Å². The molecule has 4 rings (SSSR count). The monoisotopic (exact) mass is 463 g/mol. The number of hydrogen-bond donors (Lipinski definition) is 2. The topological polar surface area (TPSA) is 77.2 Å². The number of amides is 2. The second-order valence-corrected chi connectivity index (χ2v) is 8.92. The van der Waals surface area contributed by atoms with Crippen molar-refractivity contribution in [3.05, 3.63) is 24.0 Å². The van der Waals surface area contributed by atoms with Crippen LogP contribution in [0.2, 0.25) is 0 Å². The molecule has 3 saturated heterocycles. The first kappa shape index (κ1) is 22.7. The molecule has 3 aliphatic heterocycles. The summed E-state index contributed by atoms with van der Waals surface area (Å²) in [6, 6.07) is 5.11. The van der Waals surface area contributed by atoms with Gasteiger partial charge in [0, 0.05) is 33.1 Å². The van der Waals surface area contributed by atoms with Crippen LogP contribution in [-0.2, 0) is 9.53 Å². The van der Waals surface area contributed by atoms with E-state index in [1.54, 1.807) is 12.1 Å². The van der Waals surface area contributed by atoms with E-state index in [0.717, 1.165) is 31.0 Å². The van der Waals surface area contributed by atoms with Gasteiger partial charge in [0.1, 0.15) is 11.9 Å². The number of halogens is 1. The molecule has 3 fully saturated rings. The van der Waals surface area contributed by atoms with E-state index in [-0.39, 0.29) is 30.9 Å². The number of nitrogens with zero attached hydrogens (tertiary/aromatic N) is 3. The zero-order chi connectivity index (χ0) is 22.7. The number of piperazine rings is 1. The Morgan fingerprint density at radius 3 is 2.72 bits per heavy atom. The molecule has 8 nitrogen and oxygen atoms in total. The van der Waals surface area contributed by atoms with E-state index in [1.807, 2.05) is 4.90 Å². The Kier molecular flexibility index (Phi) is 7.10. The molecule has 0 saturated carbocycles. The fourth-order valence-electron chi connectivity index (χ4n) is 4.47.